The zero-order valence-electron chi connectivity index (χ0n) is 38.3. The molecular formula is C49H97N2O6P. The molecule has 0 saturated carbocycles. The van der Waals surface area contributed by atoms with E-state index in [0.29, 0.717) is 12.8 Å². The van der Waals surface area contributed by atoms with Gasteiger partial charge in [-0.1, -0.05) is 224 Å². The number of rotatable bonds is 47. The summed E-state index contributed by atoms with van der Waals surface area (Å²) < 4.78 is 22.3. The number of nitrogens with one attached hydrogen (secondary N) is 1. The molecule has 0 heterocycles. The molecule has 0 aromatic heterocycles. The summed E-state index contributed by atoms with van der Waals surface area (Å²) in [6, 6.07) is -0.776. The largest absolute Gasteiger partial charge is 0.472 e. The molecule has 0 aliphatic heterocycles. The Morgan fingerprint density at radius 3 is 1.40 bits per heavy atom. The van der Waals surface area contributed by atoms with Crippen molar-refractivity contribution in [2.75, 3.05) is 19.8 Å². The van der Waals surface area contributed by atoms with Crippen LogP contribution in [0.25, 0.3) is 0 Å². The number of phosphoric ester groups is 1. The number of amides is 1. The number of nitrogens with two attached hydrogens (primary N) is 1. The third-order valence-corrected chi connectivity index (χ3v) is 12.3. The van der Waals surface area contributed by atoms with Gasteiger partial charge in [-0.2, -0.15) is 0 Å². The molecule has 0 spiro atoms. The number of carbonyl (C=O) groups is 1. The fourth-order valence-electron chi connectivity index (χ4n) is 7.52. The Morgan fingerprint density at radius 1 is 0.569 bits per heavy atom. The first-order valence-electron chi connectivity index (χ1n) is 25.0. The highest BCUT2D eigenvalue weighted by atomic mass is 31.2. The van der Waals surface area contributed by atoms with Crippen molar-refractivity contribution >= 4 is 13.7 Å². The van der Waals surface area contributed by atoms with Gasteiger partial charge in [-0.05, 0) is 44.9 Å². The number of aliphatic hydroxyl groups excluding tert-OH is 1. The van der Waals surface area contributed by atoms with Crippen LogP contribution in [0, 0.1) is 0 Å². The second-order valence-electron chi connectivity index (χ2n) is 17.0. The molecule has 58 heavy (non-hydrogen) atoms. The third kappa shape index (κ3) is 43.1. The average Bonchev–Trinajstić information content (AvgIpc) is 3.21. The normalized spacial score (nSPS) is 14.1. The van der Waals surface area contributed by atoms with E-state index in [0.717, 1.165) is 44.9 Å². The molecule has 0 aliphatic rings. The van der Waals surface area contributed by atoms with Crippen LogP contribution in [-0.4, -0.2) is 47.8 Å². The van der Waals surface area contributed by atoms with Crippen molar-refractivity contribution in [2.24, 2.45) is 5.73 Å². The Bertz CT molecular complexity index is 963. The van der Waals surface area contributed by atoms with E-state index in [1.54, 1.807) is 0 Å². The van der Waals surface area contributed by atoms with Crippen molar-refractivity contribution in [3.63, 3.8) is 0 Å². The summed E-state index contributed by atoms with van der Waals surface area (Å²) in [7, 11) is -4.32. The van der Waals surface area contributed by atoms with Crippen LogP contribution in [0.5, 0.6) is 0 Å². The van der Waals surface area contributed by atoms with Gasteiger partial charge in [0.25, 0.3) is 0 Å². The van der Waals surface area contributed by atoms with E-state index in [1.165, 1.54) is 180 Å². The topological polar surface area (TPSA) is 131 Å². The molecule has 0 aromatic rings. The fraction of sp³-hybridized carbons (Fsp3) is 0.898. The van der Waals surface area contributed by atoms with Crippen molar-refractivity contribution < 1.29 is 28.4 Å². The van der Waals surface area contributed by atoms with Crippen LogP contribution < -0.4 is 11.1 Å². The van der Waals surface area contributed by atoms with Crippen LogP contribution >= 0.6 is 7.82 Å². The molecule has 0 bridgehead atoms. The van der Waals surface area contributed by atoms with Gasteiger partial charge in [-0.3, -0.25) is 13.8 Å². The van der Waals surface area contributed by atoms with Gasteiger partial charge in [-0.25, -0.2) is 4.57 Å². The molecule has 0 aliphatic carbocycles. The Balaban J connectivity index is 4.06. The predicted octanol–water partition coefficient (Wildman–Crippen LogP) is 14.5. The second-order valence-corrected chi connectivity index (χ2v) is 18.5. The highest BCUT2D eigenvalue weighted by molar-refractivity contribution is 7.47. The Morgan fingerprint density at radius 2 is 0.948 bits per heavy atom. The molecule has 344 valence electrons. The highest BCUT2D eigenvalue weighted by Crippen LogP contribution is 2.43. The zero-order chi connectivity index (χ0) is 42.5. The summed E-state index contributed by atoms with van der Waals surface area (Å²) >= 11 is 0. The minimum Gasteiger partial charge on any atom is -0.391 e. The van der Waals surface area contributed by atoms with E-state index >= 15 is 0 Å². The number of unbranched alkanes of at least 4 members (excludes halogenated alkanes) is 31. The Labute approximate surface area is 359 Å². The summed E-state index contributed by atoms with van der Waals surface area (Å²) in [6.07, 6.45) is 53.3. The number of aliphatic hydroxyl groups is 1. The molecule has 5 N–H and O–H groups in total. The average molecular weight is 841 g/mol. The standard InChI is InChI=1S/C49H97N2O6P/c1-3-5-7-9-11-13-15-17-19-21-23-25-26-28-30-32-34-36-38-40-42-48(52)47(46-57-58(54,55)56-45-44-50)51-49(53)43-41-39-37-35-33-31-29-27-24-22-20-18-16-14-12-10-8-6-4-2/h12,14,18,20,47-48,52H,3-11,13,15-17,19,21-46,50H2,1-2H3,(H,51,53)(H,54,55)/b14-12-,20-18-. The maximum Gasteiger partial charge on any atom is 0.472 e. The predicted molar refractivity (Wildman–Crippen MR) is 249 cm³/mol. The maximum absolute atomic E-state index is 12.8. The Hall–Kier alpha value is -1.02. The molecule has 0 fully saturated rings. The van der Waals surface area contributed by atoms with Crippen LogP contribution in [0.3, 0.4) is 0 Å². The van der Waals surface area contributed by atoms with Crippen molar-refractivity contribution in [2.45, 2.75) is 264 Å². The zero-order valence-corrected chi connectivity index (χ0v) is 39.2. The SMILES string of the molecule is CCCCC/C=C\C/C=C\CCCCCCCCCCCC(=O)NC(COP(=O)(O)OCCN)C(O)CCCCCCCCCCCCCCCCCCCCCC. The molecule has 3 unspecified atom stereocenters. The van der Waals surface area contributed by atoms with Gasteiger partial charge >= 0.3 is 7.82 Å². The molecule has 0 saturated heterocycles. The third-order valence-electron chi connectivity index (χ3n) is 11.3. The molecule has 0 rings (SSSR count). The van der Waals surface area contributed by atoms with Gasteiger partial charge in [0.2, 0.25) is 5.91 Å². The van der Waals surface area contributed by atoms with Crippen LogP contribution in [0.4, 0.5) is 0 Å². The van der Waals surface area contributed by atoms with E-state index in [4.69, 9.17) is 14.8 Å². The molecular weight excluding hydrogens is 744 g/mol. The quantitative estimate of drug-likeness (QED) is 0.0273. The van der Waals surface area contributed by atoms with Gasteiger partial charge < -0.3 is 21.1 Å². The molecule has 9 heteroatoms. The van der Waals surface area contributed by atoms with E-state index in [1.807, 2.05) is 0 Å². The van der Waals surface area contributed by atoms with E-state index in [9.17, 15) is 19.4 Å². The number of allylic oxidation sites excluding steroid dienone is 4. The van der Waals surface area contributed by atoms with E-state index in [-0.39, 0.29) is 25.7 Å². The number of hydrogen-bond donors (Lipinski definition) is 4. The van der Waals surface area contributed by atoms with Crippen LogP contribution in [0.15, 0.2) is 24.3 Å². The molecule has 8 nitrogen and oxygen atoms in total. The van der Waals surface area contributed by atoms with Crippen molar-refractivity contribution in [1.82, 2.24) is 5.32 Å². The fourth-order valence-corrected chi connectivity index (χ4v) is 8.28. The summed E-state index contributed by atoms with van der Waals surface area (Å²) in [4.78, 5) is 22.8. The van der Waals surface area contributed by atoms with Crippen molar-refractivity contribution in [3.8, 4) is 0 Å². The Kier molecular flexibility index (Phi) is 44.7. The van der Waals surface area contributed by atoms with E-state index < -0.39 is 20.0 Å². The summed E-state index contributed by atoms with van der Waals surface area (Å²) in [5, 5.41) is 13.9. The van der Waals surface area contributed by atoms with Gasteiger partial charge in [0, 0.05) is 13.0 Å². The summed E-state index contributed by atoms with van der Waals surface area (Å²) in [6.45, 7) is 4.21. The lowest BCUT2D eigenvalue weighted by Gasteiger charge is -2.25. The van der Waals surface area contributed by atoms with Crippen LogP contribution in [0.1, 0.15) is 251 Å². The lowest BCUT2D eigenvalue weighted by Crippen LogP contribution is -2.46. The first-order valence-corrected chi connectivity index (χ1v) is 26.4. The molecule has 3 atom stereocenters. The van der Waals surface area contributed by atoms with Crippen molar-refractivity contribution in [1.29, 1.82) is 0 Å². The molecule has 0 aromatic carbocycles. The number of phosphoric acid groups is 1. The molecule has 0 radical (unpaired) electrons. The van der Waals surface area contributed by atoms with Gasteiger partial charge in [0.1, 0.15) is 0 Å². The van der Waals surface area contributed by atoms with Crippen LogP contribution in [-0.2, 0) is 18.4 Å². The van der Waals surface area contributed by atoms with Crippen molar-refractivity contribution in [3.05, 3.63) is 24.3 Å². The number of carbonyl (C=O) groups excluding carboxylic acids is 1. The van der Waals surface area contributed by atoms with Gasteiger partial charge in [-0.15, -0.1) is 0 Å². The lowest BCUT2D eigenvalue weighted by atomic mass is 10.0. The lowest BCUT2D eigenvalue weighted by molar-refractivity contribution is -0.123. The summed E-state index contributed by atoms with van der Waals surface area (Å²) in [5.74, 6) is -0.163. The maximum atomic E-state index is 12.8. The van der Waals surface area contributed by atoms with Crippen LogP contribution in [0.2, 0.25) is 0 Å². The van der Waals surface area contributed by atoms with Gasteiger partial charge in [0.05, 0.1) is 25.4 Å². The monoisotopic (exact) mass is 841 g/mol. The van der Waals surface area contributed by atoms with E-state index in [2.05, 4.69) is 43.5 Å². The first-order chi connectivity index (χ1) is 28.4. The first kappa shape index (κ1) is 57.0. The highest BCUT2D eigenvalue weighted by Gasteiger charge is 2.27. The molecule has 1 amide bonds. The smallest absolute Gasteiger partial charge is 0.391 e. The van der Waals surface area contributed by atoms with Gasteiger partial charge in [0.15, 0.2) is 0 Å². The minimum atomic E-state index is -4.32. The second kappa shape index (κ2) is 45.5. The summed E-state index contributed by atoms with van der Waals surface area (Å²) in [5.41, 5.74) is 5.40. The minimum absolute atomic E-state index is 0.0890. The number of hydrogen-bond acceptors (Lipinski definition) is 6.